The SMILES string of the molecule is COC(=O)CCc1noc(NC(=O)[C@@H](N)Cc2ccccc2)c1C. The average molecular weight is 331 g/mol. The standard InChI is InChI=1S/C17H21N3O4/c1-11-14(8-9-15(21)23-2)20-24-17(11)19-16(22)13(18)10-12-6-4-3-5-7-12/h3-7,13H,8-10,18H2,1-2H3,(H,19,22)/t13-/m0/s1. The topological polar surface area (TPSA) is 107 Å². The molecule has 128 valence electrons. The lowest BCUT2D eigenvalue weighted by Gasteiger charge is -2.11. The molecule has 7 heteroatoms. The molecule has 7 nitrogen and oxygen atoms in total. The van der Waals surface area contributed by atoms with E-state index in [1.807, 2.05) is 30.3 Å². The van der Waals surface area contributed by atoms with Crippen molar-refractivity contribution in [1.29, 1.82) is 0 Å². The van der Waals surface area contributed by atoms with Crippen LogP contribution in [0.2, 0.25) is 0 Å². The zero-order chi connectivity index (χ0) is 17.5. The lowest BCUT2D eigenvalue weighted by atomic mass is 10.1. The lowest BCUT2D eigenvalue weighted by Crippen LogP contribution is -2.37. The Hall–Kier alpha value is -2.67. The minimum absolute atomic E-state index is 0.199. The Morgan fingerprint density at radius 2 is 2.04 bits per heavy atom. The largest absolute Gasteiger partial charge is 0.469 e. The van der Waals surface area contributed by atoms with E-state index >= 15 is 0 Å². The first-order chi connectivity index (χ1) is 11.5. The van der Waals surface area contributed by atoms with Crippen LogP contribution in [-0.2, 0) is 27.2 Å². The molecule has 0 aliphatic heterocycles. The lowest BCUT2D eigenvalue weighted by molar-refractivity contribution is -0.140. The van der Waals surface area contributed by atoms with Crippen LogP contribution in [0.3, 0.4) is 0 Å². The maximum Gasteiger partial charge on any atom is 0.305 e. The number of aromatic nitrogens is 1. The molecule has 1 heterocycles. The van der Waals surface area contributed by atoms with Gasteiger partial charge in [0.2, 0.25) is 11.8 Å². The number of esters is 1. The summed E-state index contributed by atoms with van der Waals surface area (Å²) in [5.74, 6) is -0.422. The molecule has 0 saturated carbocycles. The van der Waals surface area contributed by atoms with Crippen LogP contribution in [0, 0.1) is 6.92 Å². The molecule has 1 amide bonds. The summed E-state index contributed by atoms with van der Waals surface area (Å²) < 4.78 is 9.73. The van der Waals surface area contributed by atoms with Gasteiger partial charge in [-0.25, -0.2) is 0 Å². The first kappa shape index (κ1) is 17.7. The van der Waals surface area contributed by atoms with Crippen molar-refractivity contribution >= 4 is 17.8 Å². The molecule has 24 heavy (non-hydrogen) atoms. The average Bonchev–Trinajstić information content (AvgIpc) is 2.93. The van der Waals surface area contributed by atoms with Gasteiger partial charge in [0, 0.05) is 12.0 Å². The van der Waals surface area contributed by atoms with E-state index in [9.17, 15) is 9.59 Å². The Balaban J connectivity index is 1.94. The summed E-state index contributed by atoms with van der Waals surface area (Å²) in [6, 6.07) is 8.83. The number of ether oxygens (including phenoxy) is 1. The first-order valence-corrected chi connectivity index (χ1v) is 7.63. The Labute approximate surface area is 140 Å². The number of carbonyl (C=O) groups excluding carboxylic acids is 2. The van der Waals surface area contributed by atoms with Gasteiger partial charge in [-0.2, -0.15) is 0 Å². The molecular formula is C17H21N3O4. The van der Waals surface area contributed by atoms with Gasteiger partial charge in [0.1, 0.15) is 0 Å². The van der Waals surface area contributed by atoms with E-state index in [0.717, 1.165) is 5.56 Å². The number of anilines is 1. The van der Waals surface area contributed by atoms with E-state index in [1.54, 1.807) is 6.92 Å². The molecule has 0 bridgehead atoms. The molecule has 2 aromatic rings. The summed E-state index contributed by atoms with van der Waals surface area (Å²) in [6.45, 7) is 1.77. The summed E-state index contributed by atoms with van der Waals surface area (Å²) >= 11 is 0. The highest BCUT2D eigenvalue weighted by molar-refractivity contribution is 5.94. The molecule has 0 radical (unpaired) electrons. The third-order valence-corrected chi connectivity index (χ3v) is 3.69. The minimum atomic E-state index is -0.699. The number of carbonyl (C=O) groups is 2. The maximum absolute atomic E-state index is 12.2. The Kier molecular flexibility index (Phi) is 6.08. The van der Waals surface area contributed by atoms with Gasteiger partial charge in [0.25, 0.3) is 0 Å². The quantitative estimate of drug-likeness (QED) is 0.746. The second kappa shape index (κ2) is 8.26. The molecule has 0 spiro atoms. The van der Waals surface area contributed by atoms with Crippen molar-refractivity contribution in [3.8, 4) is 0 Å². The molecule has 1 atom stereocenters. The second-order valence-electron chi connectivity index (χ2n) is 5.44. The Bertz CT molecular complexity index is 697. The third-order valence-electron chi connectivity index (χ3n) is 3.69. The first-order valence-electron chi connectivity index (χ1n) is 7.63. The van der Waals surface area contributed by atoms with Gasteiger partial charge in [-0.1, -0.05) is 35.5 Å². The van der Waals surface area contributed by atoms with Gasteiger partial charge in [-0.15, -0.1) is 0 Å². The van der Waals surface area contributed by atoms with Crippen molar-refractivity contribution in [2.45, 2.75) is 32.2 Å². The maximum atomic E-state index is 12.2. The molecule has 3 N–H and O–H groups in total. The number of benzene rings is 1. The number of hydrogen-bond acceptors (Lipinski definition) is 6. The van der Waals surface area contributed by atoms with Gasteiger partial charge in [0.05, 0.1) is 25.3 Å². The Morgan fingerprint density at radius 3 is 2.71 bits per heavy atom. The van der Waals surface area contributed by atoms with Crippen LogP contribution in [-0.4, -0.2) is 30.2 Å². The fourth-order valence-electron chi connectivity index (χ4n) is 2.21. The normalized spacial score (nSPS) is 11.8. The van der Waals surface area contributed by atoms with Crippen molar-refractivity contribution in [2.75, 3.05) is 12.4 Å². The fraction of sp³-hybridized carbons (Fsp3) is 0.353. The van der Waals surface area contributed by atoms with Crippen molar-refractivity contribution < 1.29 is 18.8 Å². The predicted octanol–water partition coefficient (Wildman–Crippen LogP) is 1.60. The molecule has 1 aromatic heterocycles. The molecular weight excluding hydrogens is 310 g/mol. The predicted molar refractivity (Wildman–Crippen MR) is 88.3 cm³/mol. The summed E-state index contributed by atoms with van der Waals surface area (Å²) in [6.07, 6.45) is 1.01. The number of nitrogens with one attached hydrogen (secondary N) is 1. The highest BCUT2D eigenvalue weighted by Gasteiger charge is 2.19. The molecule has 1 aromatic carbocycles. The highest BCUT2D eigenvalue weighted by Crippen LogP contribution is 2.20. The number of rotatable bonds is 7. The van der Waals surface area contributed by atoms with Gasteiger partial charge >= 0.3 is 5.97 Å². The van der Waals surface area contributed by atoms with Crippen LogP contribution in [0.25, 0.3) is 0 Å². The fourth-order valence-corrected chi connectivity index (χ4v) is 2.21. The smallest absolute Gasteiger partial charge is 0.305 e. The number of amides is 1. The summed E-state index contributed by atoms with van der Waals surface area (Å²) in [5, 5.41) is 6.52. The van der Waals surface area contributed by atoms with Crippen molar-refractivity contribution in [2.24, 2.45) is 5.73 Å². The molecule has 2 rings (SSSR count). The summed E-state index contributed by atoms with van der Waals surface area (Å²) in [7, 11) is 1.33. The van der Waals surface area contributed by atoms with Gasteiger partial charge in [-0.05, 0) is 18.9 Å². The number of methoxy groups -OCH3 is 1. The van der Waals surface area contributed by atoms with Gasteiger partial charge < -0.3 is 15.0 Å². The minimum Gasteiger partial charge on any atom is -0.469 e. The highest BCUT2D eigenvalue weighted by atomic mass is 16.5. The van der Waals surface area contributed by atoms with Crippen molar-refractivity contribution in [1.82, 2.24) is 5.16 Å². The number of hydrogen-bond donors (Lipinski definition) is 2. The van der Waals surface area contributed by atoms with Gasteiger partial charge in [-0.3, -0.25) is 14.9 Å². The van der Waals surface area contributed by atoms with Crippen LogP contribution in [0.4, 0.5) is 5.88 Å². The van der Waals surface area contributed by atoms with E-state index < -0.39 is 6.04 Å². The van der Waals surface area contributed by atoms with E-state index in [-0.39, 0.29) is 24.2 Å². The zero-order valence-electron chi connectivity index (χ0n) is 13.7. The van der Waals surface area contributed by atoms with E-state index in [0.29, 0.717) is 24.1 Å². The number of nitrogens with two attached hydrogens (primary N) is 1. The van der Waals surface area contributed by atoms with E-state index in [2.05, 4.69) is 15.2 Å². The van der Waals surface area contributed by atoms with Crippen LogP contribution in [0.15, 0.2) is 34.9 Å². The van der Waals surface area contributed by atoms with Crippen molar-refractivity contribution in [3.05, 3.63) is 47.2 Å². The van der Waals surface area contributed by atoms with Crippen molar-refractivity contribution in [3.63, 3.8) is 0 Å². The molecule has 0 aliphatic rings. The number of nitrogens with zero attached hydrogens (tertiary/aromatic N) is 1. The van der Waals surface area contributed by atoms with Crippen LogP contribution in [0.5, 0.6) is 0 Å². The molecule has 0 fully saturated rings. The third kappa shape index (κ3) is 4.66. The van der Waals surface area contributed by atoms with E-state index in [4.69, 9.17) is 10.3 Å². The monoisotopic (exact) mass is 331 g/mol. The van der Waals surface area contributed by atoms with Gasteiger partial charge in [0.15, 0.2) is 0 Å². The molecule has 0 aliphatic carbocycles. The summed E-state index contributed by atoms with van der Waals surface area (Å²) in [4.78, 5) is 23.4. The molecule has 0 unspecified atom stereocenters. The Morgan fingerprint density at radius 1 is 1.33 bits per heavy atom. The summed E-state index contributed by atoms with van der Waals surface area (Å²) in [5.41, 5.74) is 8.20. The zero-order valence-corrected chi connectivity index (χ0v) is 13.7. The molecule has 0 saturated heterocycles. The number of aryl methyl sites for hydroxylation is 1. The van der Waals surface area contributed by atoms with Crippen LogP contribution < -0.4 is 11.1 Å². The van der Waals surface area contributed by atoms with E-state index in [1.165, 1.54) is 7.11 Å². The van der Waals surface area contributed by atoms with Crippen LogP contribution in [0.1, 0.15) is 23.2 Å². The van der Waals surface area contributed by atoms with Crippen LogP contribution >= 0.6 is 0 Å². The second-order valence-corrected chi connectivity index (χ2v) is 5.44.